The summed E-state index contributed by atoms with van der Waals surface area (Å²) in [6.07, 6.45) is 4.11. The lowest BCUT2D eigenvalue weighted by molar-refractivity contribution is -0.131. The Morgan fingerprint density at radius 2 is 1.74 bits per heavy atom. The van der Waals surface area contributed by atoms with Gasteiger partial charge in [-0.1, -0.05) is 19.8 Å². The van der Waals surface area contributed by atoms with Crippen LogP contribution >= 0.6 is 0 Å². The lowest BCUT2D eigenvalue weighted by Crippen LogP contribution is -2.46. The van der Waals surface area contributed by atoms with Crippen LogP contribution in [0.1, 0.15) is 45.4 Å². The minimum Gasteiger partial charge on any atom is -0.369 e. The fourth-order valence-corrected chi connectivity index (χ4v) is 4.90. The second-order valence-electron chi connectivity index (χ2n) is 8.80. The van der Waals surface area contributed by atoms with Crippen LogP contribution in [-0.4, -0.2) is 72.5 Å². The largest absolute Gasteiger partial charge is 0.369 e. The van der Waals surface area contributed by atoms with Crippen molar-refractivity contribution in [2.75, 3.05) is 49.5 Å². The second kappa shape index (κ2) is 9.26. The summed E-state index contributed by atoms with van der Waals surface area (Å²) in [5, 5.41) is 5.79. The Kier molecular flexibility index (Phi) is 6.46. The Morgan fingerprint density at radius 1 is 1.06 bits per heavy atom. The number of urea groups is 1. The van der Waals surface area contributed by atoms with E-state index in [1.54, 1.807) is 0 Å². The fraction of sp³-hybridized carbons (Fsp3) is 0.609. The van der Waals surface area contributed by atoms with Gasteiger partial charge in [-0.25, -0.2) is 4.79 Å². The molecule has 3 fully saturated rings. The number of carbonyl (C=O) groups is 3. The molecule has 2 aliphatic heterocycles. The molecule has 1 aromatic rings. The molecule has 0 bridgehead atoms. The van der Waals surface area contributed by atoms with Gasteiger partial charge >= 0.3 is 6.03 Å². The van der Waals surface area contributed by atoms with Gasteiger partial charge < -0.3 is 20.4 Å². The van der Waals surface area contributed by atoms with E-state index in [0.29, 0.717) is 6.42 Å². The van der Waals surface area contributed by atoms with Crippen LogP contribution in [0.25, 0.3) is 0 Å². The number of nitrogens with zero attached hydrogens (tertiary/aromatic N) is 3. The van der Waals surface area contributed by atoms with Crippen LogP contribution in [0.3, 0.4) is 0 Å². The Balaban J connectivity index is 1.21. The molecule has 2 N–H and O–H groups in total. The number of carbonyl (C=O) groups excluding carboxylic acids is 3. The number of rotatable bonds is 7. The SMILES string of the molecule is CCN1CCN(c2ccc(NC(=O)CCCN3C(=O)NC4(CCCC4)C3=O)cc2)CC1. The highest BCUT2D eigenvalue weighted by Crippen LogP contribution is 2.35. The molecule has 4 amide bonds. The van der Waals surface area contributed by atoms with E-state index in [1.807, 2.05) is 24.3 Å². The quantitative estimate of drug-likeness (QED) is 0.653. The highest BCUT2D eigenvalue weighted by molar-refractivity contribution is 6.07. The first-order valence-corrected chi connectivity index (χ1v) is 11.5. The van der Waals surface area contributed by atoms with Gasteiger partial charge in [-0.15, -0.1) is 0 Å². The molecule has 1 saturated carbocycles. The highest BCUT2D eigenvalue weighted by Gasteiger charge is 2.52. The van der Waals surface area contributed by atoms with Crippen LogP contribution in [0, 0.1) is 0 Å². The van der Waals surface area contributed by atoms with Crippen molar-refractivity contribution in [3.05, 3.63) is 24.3 Å². The average Bonchev–Trinajstić information content (AvgIpc) is 3.34. The maximum atomic E-state index is 12.6. The van der Waals surface area contributed by atoms with Crippen LogP contribution in [0.15, 0.2) is 24.3 Å². The number of likely N-dealkylation sites (N-methyl/N-ethyl adjacent to an activating group) is 1. The van der Waals surface area contributed by atoms with Gasteiger partial charge in [-0.05, 0) is 50.1 Å². The molecule has 1 aromatic carbocycles. The summed E-state index contributed by atoms with van der Waals surface area (Å²) in [5.41, 5.74) is 1.26. The van der Waals surface area contributed by atoms with Gasteiger partial charge in [0.15, 0.2) is 0 Å². The van der Waals surface area contributed by atoms with Crippen LogP contribution in [0.4, 0.5) is 16.2 Å². The number of imide groups is 1. The molecule has 0 atom stereocenters. The van der Waals surface area contributed by atoms with E-state index in [9.17, 15) is 14.4 Å². The number of nitrogens with one attached hydrogen (secondary N) is 2. The molecule has 3 aliphatic rings. The van der Waals surface area contributed by atoms with E-state index < -0.39 is 5.54 Å². The Morgan fingerprint density at radius 3 is 2.39 bits per heavy atom. The molecular weight excluding hydrogens is 394 g/mol. The summed E-state index contributed by atoms with van der Waals surface area (Å²) in [7, 11) is 0. The van der Waals surface area contributed by atoms with Crippen molar-refractivity contribution in [2.45, 2.75) is 51.0 Å². The zero-order valence-corrected chi connectivity index (χ0v) is 18.4. The first kappa shape index (κ1) is 21.6. The second-order valence-corrected chi connectivity index (χ2v) is 8.80. The van der Waals surface area contributed by atoms with Crippen LogP contribution in [0.2, 0.25) is 0 Å². The van der Waals surface area contributed by atoms with Gasteiger partial charge in [0.25, 0.3) is 5.91 Å². The Labute approximate surface area is 183 Å². The number of amides is 4. The van der Waals surface area contributed by atoms with E-state index in [0.717, 1.165) is 64.1 Å². The lowest BCUT2D eigenvalue weighted by Gasteiger charge is -2.35. The van der Waals surface area contributed by atoms with Crippen molar-refractivity contribution in [1.29, 1.82) is 0 Å². The molecule has 8 heteroatoms. The minimum atomic E-state index is -0.676. The minimum absolute atomic E-state index is 0.105. The first-order valence-electron chi connectivity index (χ1n) is 11.5. The predicted octanol–water partition coefficient (Wildman–Crippen LogP) is 2.41. The standard InChI is InChI=1S/C23H33N5O3/c1-2-26-14-16-27(17-15-26)19-9-7-18(8-10-19)24-20(29)6-5-13-28-21(30)23(25-22(28)31)11-3-4-12-23/h7-10H,2-6,11-17H2,1H3,(H,24,29)(H,25,31). The van der Waals surface area contributed by atoms with Gasteiger partial charge in [-0.3, -0.25) is 14.5 Å². The molecule has 0 radical (unpaired) electrons. The number of hydrogen-bond donors (Lipinski definition) is 2. The summed E-state index contributed by atoms with van der Waals surface area (Å²) in [6.45, 7) is 7.75. The lowest BCUT2D eigenvalue weighted by atomic mass is 9.98. The van der Waals surface area contributed by atoms with Gasteiger partial charge in [0.1, 0.15) is 5.54 Å². The van der Waals surface area contributed by atoms with Crippen LogP contribution in [-0.2, 0) is 9.59 Å². The normalized spacial score (nSPS) is 21.1. The molecule has 1 aliphatic carbocycles. The van der Waals surface area contributed by atoms with Gasteiger partial charge in [0, 0.05) is 50.5 Å². The Bertz CT molecular complexity index is 811. The van der Waals surface area contributed by atoms with Gasteiger partial charge in [0.05, 0.1) is 0 Å². The number of benzene rings is 1. The molecule has 4 rings (SSSR count). The Hall–Kier alpha value is -2.61. The topological polar surface area (TPSA) is 85.0 Å². The maximum absolute atomic E-state index is 12.6. The number of hydrogen-bond acceptors (Lipinski definition) is 5. The number of piperazine rings is 1. The summed E-state index contributed by atoms with van der Waals surface area (Å²) in [6, 6.07) is 7.64. The molecule has 0 aromatic heterocycles. The number of anilines is 2. The average molecular weight is 428 g/mol. The summed E-state index contributed by atoms with van der Waals surface area (Å²) >= 11 is 0. The molecule has 168 valence electrons. The molecular formula is C23H33N5O3. The molecule has 31 heavy (non-hydrogen) atoms. The third kappa shape index (κ3) is 4.69. The van der Waals surface area contributed by atoms with Crippen molar-refractivity contribution in [3.63, 3.8) is 0 Å². The summed E-state index contributed by atoms with van der Waals surface area (Å²) in [4.78, 5) is 43.3. The van der Waals surface area contributed by atoms with E-state index >= 15 is 0 Å². The van der Waals surface area contributed by atoms with Crippen molar-refractivity contribution in [1.82, 2.24) is 15.1 Å². The van der Waals surface area contributed by atoms with Crippen molar-refractivity contribution >= 4 is 29.2 Å². The highest BCUT2D eigenvalue weighted by atomic mass is 16.2. The summed E-state index contributed by atoms with van der Waals surface area (Å²) in [5.74, 6) is -0.224. The van der Waals surface area contributed by atoms with E-state index in [4.69, 9.17) is 0 Å². The van der Waals surface area contributed by atoms with Crippen molar-refractivity contribution in [2.24, 2.45) is 0 Å². The zero-order chi connectivity index (χ0) is 21.8. The predicted molar refractivity (Wildman–Crippen MR) is 120 cm³/mol. The zero-order valence-electron chi connectivity index (χ0n) is 18.4. The van der Waals surface area contributed by atoms with Crippen LogP contribution in [0.5, 0.6) is 0 Å². The van der Waals surface area contributed by atoms with E-state index in [2.05, 4.69) is 27.4 Å². The van der Waals surface area contributed by atoms with Gasteiger partial charge in [-0.2, -0.15) is 0 Å². The monoisotopic (exact) mass is 427 g/mol. The van der Waals surface area contributed by atoms with Crippen molar-refractivity contribution < 1.29 is 14.4 Å². The molecule has 1 spiro atoms. The van der Waals surface area contributed by atoms with Crippen molar-refractivity contribution in [3.8, 4) is 0 Å². The summed E-state index contributed by atoms with van der Waals surface area (Å²) < 4.78 is 0. The molecule has 2 saturated heterocycles. The smallest absolute Gasteiger partial charge is 0.325 e. The molecule has 0 unspecified atom stereocenters. The van der Waals surface area contributed by atoms with E-state index in [-0.39, 0.29) is 30.8 Å². The van der Waals surface area contributed by atoms with Gasteiger partial charge in [0.2, 0.25) is 5.91 Å². The third-order valence-corrected chi connectivity index (χ3v) is 6.82. The first-order chi connectivity index (χ1) is 15.0. The fourth-order valence-electron chi connectivity index (χ4n) is 4.90. The maximum Gasteiger partial charge on any atom is 0.325 e. The van der Waals surface area contributed by atoms with Crippen LogP contribution < -0.4 is 15.5 Å². The molecule has 8 nitrogen and oxygen atoms in total. The molecule has 2 heterocycles. The van der Waals surface area contributed by atoms with E-state index in [1.165, 1.54) is 10.6 Å². The third-order valence-electron chi connectivity index (χ3n) is 6.82.